The molecule has 1 unspecified atom stereocenters. The van der Waals surface area contributed by atoms with Gasteiger partial charge in [-0.05, 0) is 31.2 Å². The van der Waals surface area contributed by atoms with Crippen LogP contribution in [0.3, 0.4) is 0 Å². The highest BCUT2D eigenvalue weighted by atomic mass is 32.1. The van der Waals surface area contributed by atoms with E-state index in [1.54, 1.807) is 11.3 Å². The summed E-state index contributed by atoms with van der Waals surface area (Å²) in [5, 5.41) is 13.6. The van der Waals surface area contributed by atoms with E-state index < -0.39 is 11.5 Å². The summed E-state index contributed by atoms with van der Waals surface area (Å²) >= 11 is 1.65. The van der Waals surface area contributed by atoms with Crippen molar-refractivity contribution in [2.24, 2.45) is 0 Å². The molecule has 0 radical (unpaired) electrons. The van der Waals surface area contributed by atoms with Crippen molar-refractivity contribution in [1.29, 1.82) is 0 Å². The molecule has 1 rings (SSSR count). The lowest BCUT2D eigenvalue weighted by atomic mass is 10.0. The molecule has 0 spiro atoms. The molecule has 1 aromatic heterocycles. The average Bonchev–Trinajstić information content (AvgIpc) is 2.82. The van der Waals surface area contributed by atoms with Crippen LogP contribution in [0.2, 0.25) is 0 Å². The van der Waals surface area contributed by atoms with E-state index in [4.69, 9.17) is 9.84 Å². The molecule has 0 bridgehead atoms. The predicted octanol–water partition coefficient (Wildman–Crippen LogP) is 1.68. The van der Waals surface area contributed by atoms with Crippen LogP contribution < -0.4 is 5.32 Å². The third-order valence-corrected chi connectivity index (χ3v) is 3.66. The Hall–Kier alpha value is -1.40. The molecule has 1 atom stereocenters. The Bertz CT molecular complexity index is 418. The van der Waals surface area contributed by atoms with Gasteiger partial charge in [0.15, 0.2) is 5.54 Å². The van der Waals surface area contributed by atoms with Crippen LogP contribution in [0.5, 0.6) is 0 Å². The molecule has 0 saturated heterocycles. The van der Waals surface area contributed by atoms with Crippen LogP contribution >= 0.6 is 11.3 Å². The summed E-state index contributed by atoms with van der Waals surface area (Å²) in [6, 6.07) is 4.00. The van der Waals surface area contributed by atoms with Gasteiger partial charge in [-0.1, -0.05) is 6.07 Å². The van der Waals surface area contributed by atoms with E-state index >= 15 is 0 Å². The summed E-state index contributed by atoms with van der Waals surface area (Å²) in [7, 11) is 1.41. The SMILES string of the molecule is COCC(C)(NC(=O)CCCc1cccs1)C(=O)O. The quantitative estimate of drug-likeness (QED) is 0.762. The fourth-order valence-corrected chi connectivity index (χ4v) is 2.44. The molecule has 106 valence electrons. The highest BCUT2D eigenvalue weighted by Gasteiger charge is 2.34. The van der Waals surface area contributed by atoms with Crippen LogP contribution in [-0.2, 0) is 20.7 Å². The Morgan fingerprint density at radius 1 is 1.53 bits per heavy atom. The van der Waals surface area contributed by atoms with Crippen molar-refractivity contribution >= 4 is 23.2 Å². The number of carbonyl (C=O) groups is 2. The zero-order valence-electron chi connectivity index (χ0n) is 11.1. The fraction of sp³-hybridized carbons (Fsp3) is 0.538. The number of ether oxygens (including phenoxy) is 1. The third kappa shape index (κ3) is 5.00. The first-order valence-corrected chi connectivity index (χ1v) is 6.91. The van der Waals surface area contributed by atoms with Crippen LogP contribution in [0.15, 0.2) is 17.5 Å². The maximum Gasteiger partial charge on any atom is 0.331 e. The first kappa shape index (κ1) is 15.7. The number of amides is 1. The second-order valence-electron chi connectivity index (χ2n) is 4.55. The number of carbonyl (C=O) groups excluding carboxylic acids is 1. The lowest BCUT2D eigenvalue weighted by Gasteiger charge is -2.25. The summed E-state index contributed by atoms with van der Waals surface area (Å²) in [4.78, 5) is 24.1. The van der Waals surface area contributed by atoms with Gasteiger partial charge >= 0.3 is 5.97 Å². The molecule has 1 amide bonds. The minimum absolute atomic E-state index is 0.0565. The van der Waals surface area contributed by atoms with E-state index in [-0.39, 0.29) is 12.5 Å². The highest BCUT2D eigenvalue weighted by molar-refractivity contribution is 7.09. The molecule has 0 aromatic carbocycles. The molecule has 19 heavy (non-hydrogen) atoms. The first-order chi connectivity index (χ1) is 8.98. The summed E-state index contributed by atoms with van der Waals surface area (Å²) in [5.74, 6) is -1.36. The van der Waals surface area contributed by atoms with Crippen LogP contribution in [0, 0.1) is 0 Å². The number of rotatable bonds is 8. The van der Waals surface area contributed by atoms with Crippen LogP contribution in [0.4, 0.5) is 0 Å². The summed E-state index contributed by atoms with van der Waals surface area (Å²) in [6.07, 6.45) is 1.85. The second-order valence-corrected chi connectivity index (χ2v) is 5.58. The van der Waals surface area contributed by atoms with Crippen molar-refractivity contribution in [1.82, 2.24) is 5.32 Å². The summed E-state index contributed by atoms with van der Waals surface area (Å²) < 4.78 is 4.84. The van der Waals surface area contributed by atoms with Crippen molar-refractivity contribution in [2.45, 2.75) is 31.7 Å². The fourth-order valence-electron chi connectivity index (χ4n) is 1.69. The summed E-state index contributed by atoms with van der Waals surface area (Å²) in [6.45, 7) is 1.38. The molecule has 2 N–H and O–H groups in total. The molecule has 1 heterocycles. The highest BCUT2D eigenvalue weighted by Crippen LogP contribution is 2.12. The van der Waals surface area contributed by atoms with E-state index in [0.717, 1.165) is 6.42 Å². The van der Waals surface area contributed by atoms with E-state index in [1.165, 1.54) is 18.9 Å². The van der Waals surface area contributed by atoms with Gasteiger partial charge in [-0.25, -0.2) is 4.79 Å². The van der Waals surface area contributed by atoms with E-state index in [2.05, 4.69) is 5.32 Å². The second kappa shape index (κ2) is 7.25. The number of hydrogen-bond donors (Lipinski definition) is 2. The van der Waals surface area contributed by atoms with Crippen molar-refractivity contribution in [2.75, 3.05) is 13.7 Å². The van der Waals surface area contributed by atoms with Crippen LogP contribution in [0.25, 0.3) is 0 Å². The molecule has 0 fully saturated rings. The Morgan fingerprint density at radius 2 is 2.26 bits per heavy atom. The van der Waals surface area contributed by atoms with Gasteiger partial charge in [0.2, 0.25) is 5.91 Å². The van der Waals surface area contributed by atoms with Crippen LogP contribution in [-0.4, -0.2) is 36.2 Å². The van der Waals surface area contributed by atoms with Crippen molar-refractivity contribution in [3.8, 4) is 0 Å². The van der Waals surface area contributed by atoms with Crippen molar-refractivity contribution < 1.29 is 19.4 Å². The first-order valence-electron chi connectivity index (χ1n) is 6.03. The van der Waals surface area contributed by atoms with Gasteiger partial charge in [0.25, 0.3) is 0 Å². The minimum atomic E-state index is -1.37. The Kier molecular flexibility index (Phi) is 5.98. The topological polar surface area (TPSA) is 75.6 Å². The molecule has 6 heteroatoms. The molecular formula is C13H19NO4S. The van der Waals surface area contributed by atoms with Gasteiger partial charge in [0, 0.05) is 18.4 Å². The number of aliphatic carboxylic acids is 1. The molecule has 1 aromatic rings. The standard InChI is InChI=1S/C13H19NO4S/c1-13(9-18-2,12(16)17)14-11(15)7-3-5-10-6-4-8-19-10/h4,6,8H,3,5,7,9H2,1-2H3,(H,14,15)(H,16,17). The molecule has 5 nitrogen and oxygen atoms in total. The maximum atomic E-state index is 11.7. The predicted molar refractivity (Wildman–Crippen MR) is 73.3 cm³/mol. The number of nitrogens with one attached hydrogen (secondary N) is 1. The largest absolute Gasteiger partial charge is 0.479 e. The number of carboxylic acid groups (broad SMARTS) is 1. The van der Waals surface area contributed by atoms with Gasteiger partial charge in [0.1, 0.15) is 0 Å². The van der Waals surface area contributed by atoms with E-state index in [0.29, 0.717) is 12.8 Å². The van der Waals surface area contributed by atoms with Gasteiger partial charge in [-0.3, -0.25) is 4.79 Å². The minimum Gasteiger partial charge on any atom is -0.479 e. The van der Waals surface area contributed by atoms with Gasteiger partial charge in [-0.15, -0.1) is 11.3 Å². The number of hydrogen-bond acceptors (Lipinski definition) is 4. The average molecular weight is 285 g/mol. The smallest absolute Gasteiger partial charge is 0.331 e. The molecule has 0 saturated carbocycles. The zero-order valence-corrected chi connectivity index (χ0v) is 12.0. The van der Waals surface area contributed by atoms with E-state index in [1.807, 2.05) is 17.5 Å². The molecule has 0 aliphatic rings. The number of aryl methyl sites for hydroxylation is 1. The molecule has 0 aliphatic heterocycles. The monoisotopic (exact) mass is 285 g/mol. The molecule has 0 aliphatic carbocycles. The number of thiophene rings is 1. The number of carboxylic acids is 1. The Morgan fingerprint density at radius 3 is 2.79 bits per heavy atom. The Balaban J connectivity index is 2.38. The van der Waals surface area contributed by atoms with Crippen molar-refractivity contribution in [3.63, 3.8) is 0 Å². The van der Waals surface area contributed by atoms with Gasteiger partial charge in [0.05, 0.1) is 6.61 Å². The Labute approximate surface area is 116 Å². The lowest BCUT2D eigenvalue weighted by molar-refractivity contribution is -0.149. The maximum absolute atomic E-state index is 11.7. The lowest BCUT2D eigenvalue weighted by Crippen LogP contribution is -2.55. The normalized spacial score (nSPS) is 13.8. The van der Waals surface area contributed by atoms with Crippen molar-refractivity contribution in [3.05, 3.63) is 22.4 Å². The van der Waals surface area contributed by atoms with Gasteiger partial charge in [-0.2, -0.15) is 0 Å². The van der Waals surface area contributed by atoms with E-state index in [9.17, 15) is 9.59 Å². The van der Waals surface area contributed by atoms with Crippen LogP contribution in [0.1, 0.15) is 24.6 Å². The summed E-state index contributed by atoms with van der Waals surface area (Å²) in [5.41, 5.74) is -1.37. The number of methoxy groups -OCH3 is 1. The van der Waals surface area contributed by atoms with Gasteiger partial charge < -0.3 is 15.2 Å². The zero-order chi connectivity index (χ0) is 14.3. The third-order valence-electron chi connectivity index (χ3n) is 2.73. The molecular weight excluding hydrogens is 266 g/mol.